The molecule has 3 aromatic rings. The molecule has 2 aromatic heterocycles. The maximum atomic E-state index is 12.0. The number of amides is 1. The normalized spacial score (nSPS) is 10.8. The molecule has 0 aliphatic heterocycles. The monoisotopic (exact) mass is 279 g/mol. The first-order chi connectivity index (χ1) is 10.1. The molecule has 3 rings (SSSR count). The fourth-order valence-corrected chi connectivity index (χ4v) is 2.43. The molecule has 0 saturated heterocycles. The van der Waals surface area contributed by atoms with E-state index in [0.29, 0.717) is 12.1 Å². The average molecular weight is 279 g/mol. The van der Waals surface area contributed by atoms with E-state index in [9.17, 15) is 4.79 Å². The van der Waals surface area contributed by atoms with E-state index in [2.05, 4.69) is 53.1 Å². The number of nitrogens with one attached hydrogen (secondary N) is 1. The van der Waals surface area contributed by atoms with E-state index in [0.717, 1.165) is 5.56 Å². The van der Waals surface area contributed by atoms with Gasteiger partial charge in [0.2, 0.25) is 0 Å². The molecule has 1 aromatic carbocycles. The largest absolute Gasteiger partial charge is 0.348 e. The maximum Gasteiger partial charge on any atom is 0.251 e. The maximum absolute atomic E-state index is 12.0. The van der Waals surface area contributed by atoms with E-state index in [1.54, 1.807) is 24.5 Å². The summed E-state index contributed by atoms with van der Waals surface area (Å²) in [6.45, 7) is 2.61. The topological polar surface area (TPSA) is 46.9 Å². The van der Waals surface area contributed by atoms with Crippen molar-refractivity contribution in [2.45, 2.75) is 13.5 Å². The molecular formula is C17H17N3O. The highest BCUT2D eigenvalue weighted by Crippen LogP contribution is 2.19. The number of nitrogens with zero attached hydrogens (tertiary/aromatic N) is 2. The van der Waals surface area contributed by atoms with Gasteiger partial charge in [-0.25, -0.2) is 0 Å². The summed E-state index contributed by atoms with van der Waals surface area (Å²) in [4.78, 5) is 15.9. The van der Waals surface area contributed by atoms with Gasteiger partial charge >= 0.3 is 0 Å². The number of aryl methyl sites for hydroxylation is 2. The van der Waals surface area contributed by atoms with Gasteiger partial charge in [-0.3, -0.25) is 9.78 Å². The Kier molecular flexibility index (Phi) is 3.44. The SMILES string of the molecule is Cc1cc2cc(CNC(=O)c3ccncc3)ccc2n1C. The van der Waals surface area contributed by atoms with Gasteiger partial charge in [-0.2, -0.15) is 0 Å². The molecule has 106 valence electrons. The first-order valence-corrected chi connectivity index (χ1v) is 6.88. The second-order valence-corrected chi connectivity index (χ2v) is 5.16. The molecule has 0 fully saturated rings. The van der Waals surface area contributed by atoms with Crippen molar-refractivity contribution < 1.29 is 4.79 Å². The second kappa shape index (κ2) is 5.40. The van der Waals surface area contributed by atoms with Crippen LogP contribution in [0.25, 0.3) is 10.9 Å². The lowest BCUT2D eigenvalue weighted by atomic mass is 10.1. The van der Waals surface area contributed by atoms with E-state index >= 15 is 0 Å². The molecule has 1 N–H and O–H groups in total. The summed E-state index contributed by atoms with van der Waals surface area (Å²) in [5.74, 6) is -0.0817. The van der Waals surface area contributed by atoms with Crippen LogP contribution in [0.1, 0.15) is 21.6 Å². The summed E-state index contributed by atoms with van der Waals surface area (Å²) >= 11 is 0. The minimum absolute atomic E-state index is 0.0817. The van der Waals surface area contributed by atoms with Crippen LogP contribution >= 0.6 is 0 Å². The quantitative estimate of drug-likeness (QED) is 0.801. The number of hydrogen-bond acceptors (Lipinski definition) is 2. The van der Waals surface area contributed by atoms with Crippen LogP contribution in [0.15, 0.2) is 48.8 Å². The highest BCUT2D eigenvalue weighted by Gasteiger charge is 2.06. The number of carbonyl (C=O) groups excluding carboxylic acids is 1. The van der Waals surface area contributed by atoms with Crippen LogP contribution in [0.2, 0.25) is 0 Å². The Hall–Kier alpha value is -2.62. The molecule has 0 aliphatic rings. The van der Waals surface area contributed by atoms with Crippen LogP contribution in [-0.2, 0) is 13.6 Å². The Bertz CT molecular complexity index is 790. The van der Waals surface area contributed by atoms with Gasteiger partial charge in [0, 0.05) is 48.1 Å². The van der Waals surface area contributed by atoms with Gasteiger partial charge in [-0.15, -0.1) is 0 Å². The van der Waals surface area contributed by atoms with Gasteiger partial charge in [0.1, 0.15) is 0 Å². The molecule has 4 nitrogen and oxygen atoms in total. The first kappa shape index (κ1) is 13.4. The van der Waals surface area contributed by atoms with Crippen molar-refractivity contribution in [2.75, 3.05) is 0 Å². The Morgan fingerprint density at radius 3 is 2.71 bits per heavy atom. The Morgan fingerprint density at radius 2 is 1.95 bits per heavy atom. The Balaban J connectivity index is 1.75. The molecule has 1 amide bonds. The van der Waals surface area contributed by atoms with Crippen LogP contribution in [0.4, 0.5) is 0 Å². The molecule has 0 spiro atoms. The van der Waals surface area contributed by atoms with Crippen LogP contribution in [0, 0.1) is 6.92 Å². The van der Waals surface area contributed by atoms with E-state index < -0.39 is 0 Å². The predicted octanol–water partition coefficient (Wildman–Crippen LogP) is 2.81. The van der Waals surface area contributed by atoms with Crippen molar-refractivity contribution in [3.05, 3.63) is 65.6 Å². The van der Waals surface area contributed by atoms with Gasteiger partial charge in [0.05, 0.1) is 0 Å². The molecular weight excluding hydrogens is 262 g/mol. The summed E-state index contributed by atoms with van der Waals surface area (Å²) in [6.07, 6.45) is 3.24. The lowest BCUT2D eigenvalue weighted by molar-refractivity contribution is 0.0951. The summed E-state index contributed by atoms with van der Waals surface area (Å²) in [5.41, 5.74) is 4.15. The Morgan fingerprint density at radius 1 is 1.19 bits per heavy atom. The molecule has 0 bridgehead atoms. The molecule has 0 atom stereocenters. The highest BCUT2D eigenvalue weighted by molar-refractivity contribution is 5.94. The van der Waals surface area contributed by atoms with Crippen LogP contribution in [-0.4, -0.2) is 15.5 Å². The standard InChI is InChI=1S/C17H17N3O/c1-12-9-15-10-13(3-4-16(15)20(12)2)11-19-17(21)14-5-7-18-8-6-14/h3-10H,11H2,1-2H3,(H,19,21). The zero-order valence-corrected chi connectivity index (χ0v) is 12.1. The van der Waals surface area contributed by atoms with E-state index in [-0.39, 0.29) is 5.91 Å². The lowest BCUT2D eigenvalue weighted by Gasteiger charge is -2.06. The molecule has 0 radical (unpaired) electrons. The number of aromatic nitrogens is 2. The molecule has 0 saturated carbocycles. The van der Waals surface area contributed by atoms with Crippen molar-refractivity contribution in [2.24, 2.45) is 7.05 Å². The highest BCUT2D eigenvalue weighted by atomic mass is 16.1. The summed E-state index contributed by atoms with van der Waals surface area (Å²) in [6, 6.07) is 11.8. The predicted molar refractivity (Wildman–Crippen MR) is 83.1 cm³/mol. The molecule has 0 unspecified atom stereocenters. The van der Waals surface area contributed by atoms with Crippen molar-refractivity contribution in [3.63, 3.8) is 0 Å². The minimum atomic E-state index is -0.0817. The van der Waals surface area contributed by atoms with E-state index in [4.69, 9.17) is 0 Å². The van der Waals surface area contributed by atoms with Gasteiger partial charge in [-0.1, -0.05) is 6.07 Å². The van der Waals surface area contributed by atoms with E-state index in [1.807, 2.05) is 0 Å². The smallest absolute Gasteiger partial charge is 0.251 e. The van der Waals surface area contributed by atoms with Gasteiger partial charge < -0.3 is 9.88 Å². The molecule has 2 heterocycles. The van der Waals surface area contributed by atoms with Crippen LogP contribution < -0.4 is 5.32 Å². The average Bonchev–Trinajstić information content (AvgIpc) is 2.80. The number of fused-ring (bicyclic) bond motifs is 1. The fraction of sp³-hybridized carbons (Fsp3) is 0.176. The summed E-state index contributed by atoms with van der Waals surface area (Å²) in [7, 11) is 2.06. The van der Waals surface area contributed by atoms with Gasteiger partial charge in [-0.05, 0) is 42.8 Å². The van der Waals surface area contributed by atoms with Crippen LogP contribution in [0.5, 0.6) is 0 Å². The van der Waals surface area contributed by atoms with E-state index in [1.165, 1.54) is 16.6 Å². The Labute approximate surface area is 123 Å². The van der Waals surface area contributed by atoms with Crippen LogP contribution in [0.3, 0.4) is 0 Å². The lowest BCUT2D eigenvalue weighted by Crippen LogP contribution is -2.22. The van der Waals surface area contributed by atoms with Gasteiger partial charge in [0.15, 0.2) is 0 Å². The third-order valence-electron chi connectivity index (χ3n) is 3.74. The zero-order valence-electron chi connectivity index (χ0n) is 12.1. The number of carbonyl (C=O) groups is 1. The summed E-state index contributed by atoms with van der Waals surface area (Å²) < 4.78 is 2.16. The second-order valence-electron chi connectivity index (χ2n) is 5.16. The number of pyridine rings is 1. The first-order valence-electron chi connectivity index (χ1n) is 6.88. The fourth-order valence-electron chi connectivity index (χ4n) is 2.43. The number of benzene rings is 1. The van der Waals surface area contributed by atoms with Crippen molar-refractivity contribution in [1.29, 1.82) is 0 Å². The van der Waals surface area contributed by atoms with Crippen molar-refractivity contribution >= 4 is 16.8 Å². The molecule has 4 heteroatoms. The zero-order chi connectivity index (χ0) is 14.8. The van der Waals surface area contributed by atoms with Gasteiger partial charge in [0.25, 0.3) is 5.91 Å². The number of hydrogen-bond donors (Lipinski definition) is 1. The minimum Gasteiger partial charge on any atom is -0.348 e. The molecule has 0 aliphatic carbocycles. The molecule has 21 heavy (non-hydrogen) atoms. The van der Waals surface area contributed by atoms with Crippen molar-refractivity contribution in [1.82, 2.24) is 14.9 Å². The third-order valence-corrected chi connectivity index (χ3v) is 3.74. The summed E-state index contributed by atoms with van der Waals surface area (Å²) in [5, 5.41) is 4.13. The van der Waals surface area contributed by atoms with Crippen molar-refractivity contribution in [3.8, 4) is 0 Å². The number of rotatable bonds is 3. The third kappa shape index (κ3) is 2.65.